The highest BCUT2D eigenvalue weighted by atomic mass is 19.1. The molecule has 0 spiro atoms. The summed E-state index contributed by atoms with van der Waals surface area (Å²) in [6.07, 6.45) is 1.45. The second kappa shape index (κ2) is 7.28. The third-order valence-corrected chi connectivity index (χ3v) is 3.57. The van der Waals surface area contributed by atoms with Crippen LogP contribution in [-0.4, -0.2) is 17.4 Å². The largest absolute Gasteiger partial charge is 0.369 e. The maximum atomic E-state index is 14.1. The zero-order chi connectivity index (χ0) is 17.0. The van der Waals surface area contributed by atoms with E-state index in [9.17, 15) is 13.6 Å². The summed E-state index contributed by atoms with van der Waals surface area (Å²) in [6.45, 7) is 2.28. The molecule has 4 nitrogen and oxygen atoms in total. The average molecular weight is 319 g/mol. The second-order valence-electron chi connectivity index (χ2n) is 5.40. The van der Waals surface area contributed by atoms with Crippen molar-refractivity contribution < 1.29 is 13.6 Å². The molecule has 1 aromatic heterocycles. The quantitative estimate of drug-likeness (QED) is 0.856. The van der Waals surface area contributed by atoms with Gasteiger partial charge in [0.05, 0.1) is 5.69 Å². The van der Waals surface area contributed by atoms with Gasteiger partial charge in [0.15, 0.2) is 0 Å². The van der Waals surface area contributed by atoms with Crippen molar-refractivity contribution in [3.8, 4) is 0 Å². The Balaban J connectivity index is 2.54. The van der Waals surface area contributed by atoms with Crippen LogP contribution in [0.2, 0.25) is 0 Å². The normalized spacial score (nSPS) is 12.2. The molecule has 1 unspecified atom stereocenters. The standard InChI is InChI=1S/C17H19F2N3O/c1-10-8-11(4-3-7-20)9-14(22-10)16(17(21)23)15-12(18)5-2-6-13(15)19/h2,5-6,8-9,16H,3-4,7,20H2,1H3,(H2,21,23). The number of nitrogens with two attached hydrogens (primary N) is 2. The van der Waals surface area contributed by atoms with Crippen molar-refractivity contribution in [3.63, 3.8) is 0 Å². The summed E-state index contributed by atoms with van der Waals surface area (Å²) < 4.78 is 28.1. The number of amides is 1. The molecule has 4 N–H and O–H groups in total. The van der Waals surface area contributed by atoms with Gasteiger partial charge in [-0.1, -0.05) is 6.07 Å². The van der Waals surface area contributed by atoms with Crippen LogP contribution in [-0.2, 0) is 11.2 Å². The van der Waals surface area contributed by atoms with E-state index in [1.54, 1.807) is 13.0 Å². The van der Waals surface area contributed by atoms with Gasteiger partial charge in [-0.05, 0) is 56.1 Å². The molecule has 23 heavy (non-hydrogen) atoms. The van der Waals surface area contributed by atoms with Gasteiger partial charge in [-0.25, -0.2) is 8.78 Å². The number of hydrogen-bond acceptors (Lipinski definition) is 3. The molecule has 0 aliphatic heterocycles. The van der Waals surface area contributed by atoms with Gasteiger partial charge in [-0.3, -0.25) is 9.78 Å². The smallest absolute Gasteiger partial charge is 0.231 e. The molecule has 0 saturated heterocycles. The Kier molecular flexibility index (Phi) is 5.39. The van der Waals surface area contributed by atoms with E-state index in [2.05, 4.69) is 4.98 Å². The summed E-state index contributed by atoms with van der Waals surface area (Å²) >= 11 is 0. The number of nitrogens with zero attached hydrogens (tertiary/aromatic N) is 1. The van der Waals surface area contributed by atoms with Gasteiger partial charge >= 0.3 is 0 Å². The molecule has 6 heteroatoms. The van der Waals surface area contributed by atoms with Crippen LogP contribution >= 0.6 is 0 Å². The number of aryl methyl sites for hydroxylation is 2. The molecular weight excluding hydrogens is 300 g/mol. The molecule has 1 amide bonds. The van der Waals surface area contributed by atoms with Crippen LogP contribution in [0.4, 0.5) is 8.78 Å². The van der Waals surface area contributed by atoms with E-state index in [4.69, 9.17) is 11.5 Å². The van der Waals surface area contributed by atoms with Gasteiger partial charge in [-0.15, -0.1) is 0 Å². The van der Waals surface area contributed by atoms with Crippen molar-refractivity contribution in [1.29, 1.82) is 0 Å². The fourth-order valence-electron chi connectivity index (χ4n) is 2.59. The first kappa shape index (κ1) is 17.0. The molecule has 0 fully saturated rings. The highest BCUT2D eigenvalue weighted by molar-refractivity contribution is 5.85. The summed E-state index contributed by atoms with van der Waals surface area (Å²) in [5.41, 5.74) is 12.3. The first-order chi connectivity index (χ1) is 10.9. The highest BCUT2D eigenvalue weighted by Gasteiger charge is 2.28. The van der Waals surface area contributed by atoms with Gasteiger partial charge in [-0.2, -0.15) is 0 Å². The second-order valence-corrected chi connectivity index (χ2v) is 5.40. The van der Waals surface area contributed by atoms with Gasteiger partial charge in [0.2, 0.25) is 5.91 Å². The van der Waals surface area contributed by atoms with Gasteiger partial charge in [0.25, 0.3) is 0 Å². The lowest BCUT2D eigenvalue weighted by Gasteiger charge is -2.17. The fourth-order valence-corrected chi connectivity index (χ4v) is 2.59. The Hall–Kier alpha value is -2.34. The summed E-state index contributed by atoms with van der Waals surface area (Å²) in [7, 11) is 0. The number of primary amides is 1. The Morgan fingerprint density at radius 2 is 1.91 bits per heavy atom. The number of rotatable bonds is 6. The number of benzene rings is 1. The molecule has 122 valence electrons. The molecule has 2 aromatic rings. The van der Waals surface area contributed by atoms with Crippen molar-refractivity contribution >= 4 is 5.91 Å². The number of halogens is 2. The number of pyridine rings is 1. The van der Waals surface area contributed by atoms with Gasteiger partial charge in [0.1, 0.15) is 17.6 Å². The van der Waals surface area contributed by atoms with E-state index in [1.807, 2.05) is 6.07 Å². The van der Waals surface area contributed by atoms with E-state index < -0.39 is 23.5 Å². The zero-order valence-corrected chi connectivity index (χ0v) is 12.9. The predicted octanol–water partition coefficient (Wildman–Crippen LogP) is 2.18. The summed E-state index contributed by atoms with van der Waals surface area (Å²) in [4.78, 5) is 16.1. The molecule has 1 heterocycles. The summed E-state index contributed by atoms with van der Waals surface area (Å²) in [6, 6.07) is 6.94. The third kappa shape index (κ3) is 3.90. The van der Waals surface area contributed by atoms with Crippen molar-refractivity contribution in [2.45, 2.75) is 25.7 Å². The van der Waals surface area contributed by atoms with Crippen LogP contribution in [0, 0.1) is 18.6 Å². The molecule has 1 aromatic carbocycles. The van der Waals surface area contributed by atoms with E-state index in [-0.39, 0.29) is 11.3 Å². The Morgan fingerprint density at radius 3 is 2.48 bits per heavy atom. The Bertz CT molecular complexity index is 699. The maximum Gasteiger partial charge on any atom is 0.231 e. The summed E-state index contributed by atoms with van der Waals surface area (Å²) in [5, 5.41) is 0. The van der Waals surface area contributed by atoms with Crippen LogP contribution < -0.4 is 11.5 Å². The van der Waals surface area contributed by atoms with Crippen LogP contribution in [0.3, 0.4) is 0 Å². The lowest BCUT2D eigenvalue weighted by Crippen LogP contribution is -2.25. The van der Waals surface area contributed by atoms with E-state index >= 15 is 0 Å². The molecule has 0 radical (unpaired) electrons. The average Bonchev–Trinajstić information content (AvgIpc) is 2.48. The molecule has 0 aliphatic carbocycles. The minimum Gasteiger partial charge on any atom is -0.369 e. The van der Waals surface area contributed by atoms with Gasteiger partial charge < -0.3 is 11.5 Å². The minimum absolute atomic E-state index is 0.244. The first-order valence-electron chi connectivity index (χ1n) is 7.34. The highest BCUT2D eigenvalue weighted by Crippen LogP contribution is 2.29. The molecule has 0 aliphatic rings. The number of carbonyl (C=O) groups excluding carboxylic acids is 1. The van der Waals surface area contributed by atoms with E-state index in [0.717, 1.165) is 24.1 Å². The lowest BCUT2D eigenvalue weighted by molar-refractivity contribution is -0.118. The summed E-state index contributed by atoms with van der Waals surface area (Å²) in [5.74, 6) is -3.76. The topological polar surface area (TPSA) is 82.0 Å². The van der Waals surface area contributed by atoms with Crippen molar-refractivity contribution in [2.24, 2.45) is 11.5 Å². The molecule has 0 bridgehead atoms. The SMILES string of the molecule is Cc1cc(CCCN)cc(C(C(N)=O)c2c(F)cccc2F)n1. The molecule has 0 saturated carbocycles. The maximum absolute atomic E-state index is 14.1. The third-order valence-electron chi connectivity index (χ3n) is 3.57. The number of hydrogen-bond donors (Lipinski definition) is 2. The van der Waals surface area contributed by atoms with Crippen LogP contribution in [0.25, 0.3) is 0 Å². The number of aromatic nitrogens is 1. The minimum atomic E-state index is -1.27. The monoisotopic (exact) mass is 319 g/mol. The van der Waals surface area contributed by atoms with Gasteiger partial charge in [0, 0.05) is 11.3 Å². The van der Waals surface area contributed by atoms with Crippen molar-refractivity contribution in [3.05, 3.63) is 64.5 Å². The van der Waals surface area contributed by atoms with Crippen LogP contribution in [0.5, 0.6) is 0 Å². The Labute approximate surface area is 133 Å². The lowest BCUT2D eigenvalue weighted by atomic mass is 9.92. The zero-order valence-electron chi connectivity index (χ0n) is 12.9. The van der Waals surface area contributed by atoms with Crippen molar-refractivity contribution in [2.75, 3.05) is 6.54 Å². The van der Waals surface area contributed by atoms with Crippen LogP contribution in [0.15, 0.2) is 30.3 Å². The molecular formula is C17H19F2N3O. The van der Waals surface area contributed by atoms with E-state index in [0.29, 0.717) is 18.7 Å². The van der Waals surface area contributed by atoms with Crippen molar-refractivity contribution in [1.82, 2.24) is 4.98 Å². The molecule has 2 rings (SSSR count). The number of carbonyl (C=O) groups is 1. The Morgan fingerprint density at radius 1 is 1.26 bits per heavy atom. The predicted molar refractivity (Wildman–Crippen MR) is 83.7 cm³/mol. The van der Waals surface area contributed by atoms with Crippen LogP contribution in [0.1, 0.15) is 34.9 Å². The first-order valence-corrected chi connectivity index (χ1v) is 7.34. The molecule has 1 atom stereocenters. The van der Waals surface area contributed by atoms with E-state index in [1.165, 1.54) is 6.07 Å². The fraction of sp³-hybridized carbons (Fsp3) is 0.294.